The summed E-state index contributed by atoms with van der Waals surface area (Å²) >= 11 is 0. The van der Waals surface area contributed by atoms with Crippen LogP contribution in [-0.4, -0.2) is 43.9 Å². The Balaban J connectivity index is 0.849. The quantitative estimate of drug-likeness (QED) is 0.0473. The van der Waals surface area contributed by atoms with Crippen LogP contribution in [-0.2, 0) is 0 Å². The molecule has 8 rings (SSSR count). The van der Waals surface area contributed by atoms with Crippen molar-refractivity contribution in [1.29, 1.82) is 0 Å². The Hall–Kier alpha value is -6.15. The zero-order valence-electron chi connectivity index (χ0n) is 34.9. The minimum Gasteiger partial charge on any atom is -0.388 e. The molecule has 0 spiro atoms. The molecule has 1 aliphatic heterocycles. The van der Waals surface area contributed by atoms with Crippen LogP contribution in [0.25, 0.3) is 27.8 Å². The largest absolute Gasteiger partial charge is 0.388 e. The van der Waals surface area contributed by atoms with Gasteiger partial charge in [-0.25, -0.2) is 9.98 Å². The van der Waals surface area contributed by atoms with Crippen molar-refractivity contribution in [3.63, 3.8) is 0 Å². The van der Waals surface area contributed by atoms with Crippen molar-refractivity contribution in [3.8, 4) is 5.69 Å². The van der Waals surface area contributed by atoms with Crippen molar-refractivity contribution in [2.24, 2.45) is 4.99 Å². The predicted molar refractivity (Wildman–Crippen MR) is 246 cm³/mol. The third kappa shape index (κ3) is 7.88. The van der Waals surface area contributed by atoms with E-state index < -0.39 is 0 Å². The highest BCUT2D eigenvalue weighted by Crippen LogP contribution is 2.44. The smallest absolute Gasteiger partial charge is 0.239 e. The first-order chi connectivity index (χ1) is 28.3. The maximum absolute atomic E-state index is 5.17. The van der Waals surface area contributed by atoms with Gasteiger partial charge in [0.25, 0.3) is 0 Å². The second kappa shape index (κ2) is 17.1. The van der Waals surface area contributed by atoms with Gasteiger partial charge in [-0.1, -0.05) is 62.1 Å². The number of nitrogens with zero attached hydrogens (tertiary/aromatic N) is 4. The maximum Gasteiger partial charge on any atom is 0.239 e. The van der Waals surface area contributed by atoms with Crippen LogP contribution in [0.5, 0.6) is 0 Å². The van der Waals surface area contributed by atoms with E-state index in [1.54, 1.807) is 0 Å². The van der Waals surface area contributed by atoms with E-state index in [0.717, 1.165) is 82.1 Å². The van der Waals surface area contributed by atoms with Gasteiger partial charge in [0.1, 0.15) is 11.0 Å². The molecule has 8 heteroatoms. The van der Waals surface area contributed by atoms with Gasteiger partial charge in [0.2, 0.25) is 16.7 Å². The Morgan fingerprint density at radius 2 is 1.19 bits per heavy atom. The number of para-hydroxylation sites is 2. The van der Waals surface area contributed by atoms with Crippen molar-refractivity contribution in [3.05, 3.63) is 137 Å². The number of benzene rings is 5. The van der Waals surface area contributed by atoms with Gasteiger partial charge in [0.05, 0.1) is 23.1 Å². The third-order valence-electron chi connectivity index (χ3n) is 11.7. The second-order valence-electron chi connectivity index (χ2n) is 15.8. The summed E-state index contributed by atoms with van der Waals surface area (Å²) in [6, 6.07) is 34.7. The van der Waals surface area contributed by atoms with E-state index in [0.29, 0.717) is 0 Å². The van der Waals surface area contributed by atoms with Gasteiger partial charge in [-0.15, -0.1) is 4.57 Å². The summed E-state index contributed by atoms with van der Waals surface area (Å²) in [7, 11) is 3.96. The van der Waals surface area contributed by atoms with Crippen molar-refractivity contribution >= 4 is 61.9 Å². The second-order valence-corrected chi connectivity index (χ2v) is 15.8. The van der Waals surface area contributed by atoms with Gasteiger partial charge in [-0.05, 0) is 111 Å². The molecule has 0 amide bonds. The normalized spacial score (nSPS) is 14.7. The molecule has 2 heterocycles. The summed E-state index contributed by atoms with van der Waals surface area (Å²) in [5, 5.41) is 14.3. The number of aliphatic imine (C=N–C) groups is 1. The van der Waals surface area contributed by atoms with E-state index in [4.69, 9.17) is 9.98 Å². The van der Waals surface area contributed by atoms with Crippen molar-refractivity contribution in [2.45, 2.75) is 72.3 Å². The van der Waals surface area contributed by atoms with Crippen molar-refractivity contribution in [2.75, 3.05) is 48.0 Å². The van der Waals surface area contributed by atoms with Gasteiger partial charge >= 0.3 is 0 Å². The Labute approximate surface area is 343 Å². The number of rotatable bonds is 15. The van der Waals surface area contributed by atoms with Gasteiger partial charge in [0, 0.05) is 79.9 Å². The fraction of sp³-hybridized carbons (Fsp3) is 0.300. The molecule has 58 heavy (non-hydrogen) atoms. The average Bonchev–Trinajstić information content (AvgIpc) is 3.23. The first-order valence-electron chi connectivity index (χ1n) is 21.0. The number of hydrogen-bond donors (Lipinski definition) is 4. The number of hydrogen-bond acceptors (Lipinski definition) is 7. The Morgan fingerprint density at radius 1 is 0.621 bits per heavy atom. The van der Waals surface area contributed by atoms with E-state index in [2.05, 4.69) is 168 Å². The van der Waals surface area contributed by atoms with E-state index in [1.807, 2.05) is 14.1 Å². The van der Waals surface area contributed by atoms with Gasteiger partial charge in [0.15, 0.2) is 0 Å². The van der Waals surface area contributed by atoms with Crippen LogP contribution in [0.1, 0.15) is 62.1 Å². The third-order valence-corrected chi connectivity index (χ3v) is 11.7. The van der Waals surface area contributed by atoms with Crippen LogP contribution in [0.4, 0.5) is 34.1 Å². The lowest BCUT2D eigenvalue weighted by Crippen LogP contribution is -2.41. The molecule has 4 N–H and O–H groups in total. The lowest BCUT2D eigenvalue weighted by molar-refractivity contribution is -0.538. The highest BCUT2D eigenvalue weighted by atomic mass is 15.2. The molecule has 1 aliphatic carbocycles. The van der Waals surface area contributed by atoms with Crippen LogP contribution in [0, 0.1) is 20.8 Å². The zero-order chi connectivity index (χ0) is 40.2. The molecular formula is C50H57N8+. The molecule has 0 fully saturated rings. The van der Waals surface area contributed by atoms with Crippen molar-refractivity contribution < 1.29 is 4.57 Å². The van der Waals surface area contributed by atoms with Crippen LogP contribution in [0.3, 0.4) is 0 Å². The molecule has 1 unspecified atom stereocenters. The summed E-state index contributed by atoms with van der Waals surface area (Å²) in [6.45, 7) is 10.6. The van der Waals surface area contributed by atoms with Crippen LogP contribution >= 0.6 is 0 Å². The molecule has 0 saturated carbocycles. The van der Waals surface area contributed by atoms with Gasteiger partial charge < -0.3 is 26.2 Å². The van der Waals surface area contributed by atoms with Crippen LogP contribution in [0.2, 0.25) is 0 Å². The van der Waals surface area contributed by atoms with Gasteiger partial charge in [-0.3, -0.25) is 0 Å². The number of aromatic nitrogens is 2. The molecular weight excluding hydrogens is 713 g/mol. The predicted octanol–water partition coefficient (Wildman–Crippen LogP) is 11.2. The first kappa shape index (κ1) is 38.7. The zero-order valence-corrected chi connectivity index (χ0v) is 34.9. The number of fused-ring (bicyclic) bond motifs is 4. The number of unbranched alkanes of at least 4 members (excludes halogenated alkanes) is 5. The standard InChI is InChI=1S/C50H56N8/c1-33-25-43-47(29-39(33)51-5)57(37-19-13-11-14-20-37)49-31-41(35(3)27-45(49)55-43)53-23-17-9-7-8-10-18-24-54-42-32-50-46(28-36(42)4)56-44-26-34(2)40(52-6)30-48(44)58(50)38-21-15-12-16-22-38/h11-16,19-22,25-32,49,51,53H,7-10,17-18,23-24H2,1-6H3,(H,52,54)/p+1. The lowest BCUT2D eigenvalue weighted by atomic mass is 9.93. The Bertz CT molecular complexity index is 2540. The van der Waals surface area contributed by atoms with Gasteiger partial charge in [-0.2, -0.15) is 0 Å². The number of allylic oxidation sites excluding steroid dienone is 1. The minimum absolute atomic E-state index is 0.0256. The van der Waals surface area contributed by atoms with Crippen LogP contribution in [0.15, 0.2) is 125 Å². The molecule has 0 saturated heterocycles. The fourth-order valence-corrected chi connectivity index (χ4v) is 8.55. The maximum atomic E-state index is 5.17. The summed E-state index contributed by atoms with van der Waals surface area (Å²) < 4.78 is 2.35. The highest BCUT2D eigenvalue weighted by molar-refractivity contribution is 6.11. The summed E-state index contributed by atoms with van der Waals surface area (Å²) in [4.78, 5) is 12.7. The minimum atomic E-state index is 0.0256. The molecule has 296 valence electrons. The highest BCUT2D eigenvalue weighted by Gasteiger charge is 2.32. The first-order valence-corrected chi connectivity index (χ1v) is 21.0. The summed E-state index contributed by atoms with van der Waals surface area (Å²) in [6.07, 6.45) is 11.9. The SMILES string of the molecule is CNc1cc2c(cc1C)N=C1C=C(C)C(NCCCCCCCCNc3cc4c(cc3C)nc3cc(C)c(NC)cc3[n+]4-c3ccccc3)=CC1N2c1ccccc1. The molecule has 5 aromatic carbocycles. The topological polar surface area (TPSA) is 80.5 Å². The van der Waals surface area contributed by atoms with E-state index in [-0.39, 0.29) is 6.04 Å². The molecule has 6 aromatic rings. The van der Waals surface area contributed by atoms with Crippen molar-refractivity contribution in [1.82, 2.24) is 10.3 Å². The molecule has 2 aliphatic rings. The van der Waals surface area contributed by atoms with E-state index in [9.17, 15) is 0 Å². The molecule has 1 aromatic heterocycles. The molecule has 0 radical (unpaired) electrons. The number of nitrogens with one attached hydrogen (secondary N) is 4. The van der Waals surface area contributed by atoms with Crippen LogP contribution < -0.4 is 30.7 Å². The Kier molecular flexibility index (Phi) is 11.4. The molecule has 0 bridgehead atoms. The average molecular weight is 770 g/mol. The van der Waals surface area contributed by atoms with E-state index >= 15 is 0 Å². The number of aryl methyl sites for hydroxylation is 3. The number of anilines is 5. The Morgan fingerprint density at radius 3 is 1.86 bits per heavy atom. The molecule has 1 atom stereocenters. The molecule has 8 nitrogen and oxygen atoms in total. The fourth-order valence-electron chi connectivity index (χ4n) is 8.55. The van der Waals surface area contributed by atoms with E-state index in [1.165, 1.54) is 65.0 Å². The monoisotopic (exact) mass is 769 g/mol. The summed E-state index contributed by atoms with van der Waals surface area (Å²) in [5.74, 6) is 0. The lowest BCUT2D eigenvalue weighted by Gasteiger charge is -2.39. The summed E-state index contributed by atoms with van der Waals surface area (Å²) in [5.41, 5.74) is 19.2.